The number of hydrogen-bond acceptors (Lipinski definition) is 3. The van der Waals surface area contributed by atoms with Gasteiger partial charge in [-0.2, -0.15) is 10.5 Å². The summed E-state index contributed by atoms with van der Waals surface area (Å²) in [6.45, 7) is 1.75. The summed E-state index contributed by atoms with van der Waals surface area (Å²) in [5.41, 5.74) is 6.29. The maximum absolute atomic E-state index is 9.01. The van der Waals surface area contributed by atoms with Gasteiger partial charge in [-0.05, 0) is 24.6 Å². The minimum atomic E-state index is -0.734. The first-order chi connectivity index (χ1) is 6.62. The van der Waals surface area contributed by atoms with Crippen molar-refractivity contribution in [1.29, 1.82) is 10.5 Å². The predicted octanol–water partition coefficient (Wildman–Crippen LogP) is 1.96. The Morgan fingerprint density at radius 2 is 1.86 bits per heavy atom. The van der Waals surface area contributed by atoms with E-state index in [4.69, 9.17) is 16.3 Å². The molecule has 0 saturated carbocycles. The van der Waals surface area contributed by atoms with E-state index in [1.807, 2.05) is 6.07 Å². The summed E-state index contributed by atoms with van der Waals surface area (Å²) in [7, 11) is 0. The van der Waals surface area contributed by atoms with Crippen LogP contribution >= 0.6 is 0 Å². The molecule has 0 saturated heterocycles. The van der Waals surface area contributed by atoms with Crippen molar-refractivity contribution in [3.05, 3.63) is 29.8 Å². The standard InChI is InChI=1S/C11H11N3/c1-11(8-13,6-7-12)9-2-4-10(14)5-3-9/h2-5H,6,14H2,1H3. The number of hydrogen-bond donors (Lipinski definition) is 1. The molecule has 0 bridgehead atoms. The third-order valence-corrected chi connectivity index (χ3v) is 2.23. The van der Waals surface area contributed by atoms with Gasteiger partial charge in [0.2, 0.25) is 0 Å². The topological polar surface area (TPSA) is 73.6 Å². The van der Waals surface area contributed by atoms with Crippen molar-refractivity contribution < 1.29 is 0 Å². The van der Waals surface area contributed by atoms with E-state index in [1.54, 1.807) is 31.2 Å². The molecule has 2 N–H and O–H groups in total. The highest BCUT2D eigenvalue weighted by atomic mass is 14.5. The van der Waals surface area contributed by atoms with Crippen LogP contribution < -0.4 is 5.73 Å². The molecule has 3 nitrogen and oxygen atoms in total. The van der Waals surface area contributed by atoms with Crippen molar-refractivity contribution in [2.75, 3.05) is 5.73 Å². The van der Waals surface area contributed by atoms with Gasteiger partial charge in [-0.3, -0.25) is 0 Å². The fourth-order valence-corrected chi connectivity index (χ4v) is 1.22. The first kappa shape index (κ1) is 10.1. The highest BCUT2D eigenvalue weighted by Crippen LogP contribution is 2.26. The molecule has 0 aromatic heterocycles. The van der Waals surface area contributed by atoms with Gasteiger partial charge in [0.15, 0.2) is 0 Å². The van der Waals surface area contributed by atoms with Gasteiger partial charge < -0.3 is 5.73 Å². The highest BCUT2D eigenvalue weighted by Gasteiger charge is 2.25. The molecule has 14 heavy (non-hydrogen) atoms. The molecule has 0 aliphatic heterocycles. The summed E-state index contributed by atoms with van der Waals surface area (Å²) in [5, 5.41) is 17.6. The Balaban J connectivity index is 3.09. The zero-order valence-electron chi connectivity index (χ0n) is 7.99. The van der Waals surface area contributed by atoms with Gasteiger partial charge >= 0.3 is 0 Å². The monoisotopic (exact) mass is 185 g/mol. The summed E-state index contributed by atoms with van der Waals surface area (Å²) in [6.07, 6.45) is 0.188. The molecule has 0 spiro atoms. The van der Waals surface area contributed by atoms with E-state index in [2.05, 4.69) is 6.07 Å². The Bertz CT molecular complexity index is 394. The third kappa shape index (κ3) is 1.84. The Kier molecular flexibility index (Phi) is 2.74. The predicted molar refractivity (Wildman–Crippen MR) is 54.0 cm³/mol. The molecule has 0 aliphatic carbocycles. The summed E-state index contributed by atoms with van der Waals surface area (Å²) in [5.74, 6) is 0. The average Bonchev–Trinajstić information content (AvgIpc) is 2.19. The number of benzene rings is 1. The molecule has 1 aromatic carbocycles. The minimum absolute atomic E-state index is 0.188. The summed E-state index contributed by atoms with van der Waals surface area (Å²) < 4.78 is 0. The lowest BCUT2D eigenvalue weighted by molar-refractivity contribution is 0.628. The van der Waals surface area contributed by atoms with Gasteiger partial charge in [0, 0.05) is 5.69 Å². The van der Waals surface area contributed by atoms with Crippen LogP contribution in [-0.4, -0.2) is 0 Å². The highest BCUT2D eigenvalue weighted by molar-refractivity contribution is 5.43. The van der Waals surface area contributed by atoms with E-state index in [9.17, 15) is 0 Å². The first-order valence-corrected chi connectivity index (χ1v) is 4.26. The Labute approximate surface area is 83.4 Å². The van der Waals surface area contributed by atoms with Gasteiger partial charge in [-0.25, -0.2) is 0 Å². The first-order valence-electron chi connectivity index (χ1n) is 4.26. The lowest BCUT2D eigenvalue weighted by Gasteiger charge is -2.18. The van der Waals surface area contributed by atoms with E-state index in [-0.39, 0.29) is 6.42 Å². The van der Waals surface area contributed by atoms with Gasteiger partial charge in [-0.1, -0.05) is 12.1 Å². The molecule has 3 heteroatoms. The molecular weight excluding hydrogens is 174 g/mol. The molecule has 0 fully saturated rings. The fourth-order valence-electron chi connectivity index (χ4n) is 1.22. The van der Waals surface area contributed by atoms with Gasteiger partial charge in [0.1, 0.15) is 0 Å². The van der Waals surface area contributed by atoms with Crippen LogP contribution in [-0.2, 0) is 5.41 Å². The number of nitrogens with zero attached hydrogens (tertiary/aromatic N) is 2. The van der Waals surface area contributed by atoms with Crippen LogP contribution in [0.3, 0.4) is 0 Å². The van der Waals surface area contributed by atoms with Crippen molar-refractivity contribution in [2.45, 2.75) is 18.8 Å². The van der Waals surface area contributed by atoms with Crippen LogP contribution in [0.5, 0.6) is 0 Å². The van der Waals surface area contributed by atoms with E-state index in [0.717, 1.165) is 5.56 Å². The van der Waals surface area contributed by atoms with Crippen LogP contribution in [0, 0.1) is 22.7 Å². The third-order valence-electron chi connectivity index (χ3n) is 2.23. The molecule has 1 atom stereocenters. The van der Waals surface area contributed by atoms with Crippen molar-refractivity contribution in [3.63, 3.8) is 0 Å². The van der Waals surface area contributed by atoms with Crippen LogP contribution in [0.25, 0.3) is 0 Å². The number of anilines is 1. The largest absolute Gasteiger partial charge is 0.399 e. The van der Waals surface area contributed by atoms with Crippen molar-refractivity contribution in [2.24, 2.45) is 0 Å². The van der Waals surface area contributed by atoms with E-state index >= 15 is 0 Å². The quantitative estimate of drug-likeness (QED) is 0.716. The number of nitrogens with two attached hydrogens (primary N) is 1. The molecule has 70 valence electrons. The molecule has 0 amide bonds. The van der Waals surface area contributed by atoms with E-state index < -0.39 is 5.41 Å². The second-order valence-corrected chi connectivity index (χ2v) is 3.40. The van der Waals surface area contributed by atoms with E-state index in [0.29, 0.717) is 5.69 Å². The fraction of sp³-hybridized carbons (Fsp3) is 0.273. The summed E-state index contributed by atoms with van der Waals surface area (Å²) in [4.78, 5) is 0. The van der Waals surface area contributed by atoms with Gasteiger partial charge in [0.05, 0.1) is 24.0 Å². The molecule has 0 heterocycles. The van der Waals surface area contributed by atoms with Gasteiger partial charge in [0.25, 0.3) is 0 Å². The SMILES string of the molecule is CC(C#N)(CC#N)c1ccc(N)cc1. The Morgan fingerprint density at radius 1 is 1.29 bits per heavy atom. The normalized spacial score (nSPS) is 13.6. The number of nitrogen functional groups attached to an aromatic ring is 1. The molecule has 1 unspecified atom stereocenters. The van der Waals surface area contributed by atoms with Crippen LogP contribution in [0.15, 0.2) is 24.3 Å². The van der Waals surface area contributed by atoms with Crippen LogP contribution in [0.4, 0.5) is 5.69 Å². The zero-order chi connectivity index (χ0) is 10.6. The molecule has 1 aromatic rings. The second kappa shape index (κ2) is 3.81. The van der Waals surface area contributed by atoms with E-state index in [1.165, 1.54) is 0 Å². The van der Waals surface area contributed by atoms with Crippen molar-refractivity contribution in [3.8, 4) is 12.1 Å². The van der Waals surface area contributed by atoms with Gasteiger partial charge in [-0.15, -0.1) is 0 Å². The lowest BCUT2D eigenvalue weighted by Crippen LogP contribution is -2.18. The maximum atomic E-state index is 9.01. The lowest BCUT2D eigenvalue weighted by atomic mass is 9.81. The summed E-state index contributed by atoms with van der Waals surface area (Å²) in [6, 6.07) is 11.2. The molecule has 0 radical (unpaired) electrons. The summed E-state index contributed by atoms with van der Waals surface area (Å²) >= 11 is 0. The Morgan fingerprint density at radius 3 is 2.29 bits per heavy atom. The average molecular weight is 185 g/mol. The molecule has 1 rings (SSSR count). The zero-order valence-corrected chi connectivity index (χ0v) is 7.99. The number of nitriles is 2. The van der Waals surface area contributed by atoms with Crippen LogP contribution in [0.1, 0.15) is 18.9 Å². The van der Waals surface area contributed by atoms with Crippen molar-refractivity contribution in [1.82, 2.24) is 0 Å². The molecule has 0 aliphatic rings. The Hall–Kier alpha value is -2.00. The van der Waals surface area contributed by atoms with Crippen LogP contribution in [0.2, 0.25) is 0 Å². The second-order valence-electron chi connectivity index (χ2n) is 3.40. The smallest absolute Gasteiger partial charge is 0.0923 e. The molecular formula is C11H11N3. The van der Waals surface area contributed by atoms with Crippen molar-refractivity contribution >= 4 is 5.69 Å². The maximum Gasteiger partial charge on any atom is 0.0923 e. The number of rotatable bonds is 2. The minimum Gasteiger partial charge on any atom is -0.399 e.